The average Bonchev–Trinajstić information content (AvgIpc) is 3.34. The van der Waals surface area contributed by atoms with Crippen molar-refractivity contribution in [3.63, 3.8) is 0 Å². The molecule has 3 aromatic rings. The van der Waals surface area contributed by atoms with E-state index in [9.17, 15) is 9.59 Å². The third kappa shape index (κ3) is 6.13. The van der Waals surface area contributed by atoms with Gasteiger partial charge in [-0.3, -0.25) is 4.79 Å². The molecule has 7 nitrogen and oxygen atoms in total. The Morgan fingerprint density at radius 1 is 0.921 bits per heavy atom. The summed E-state index contributed by atoms with van der Waals surface area (Å²) in [7, 11) is 0. The molecule has 38 heavy (non-hydrogen) atoms. The van der Waals surface area contributed by atoms with Gasteiger partial charge in [-0.2, -0.15) is 0 Å². The lowest BCUT2D eigenvalue weighted by Crippen LogP contribution is -2.50. The van der Waals surface area contributed by atoms with E-state index < -0.39 is 5.60 Å². The molecule has 3 heterocycles. The topological polar surface area (TPSA) is 66.0 Å². The van der Waals surface area contributed by atoms with Crippen molar-refractivity contribution >= 4 is 35.1 Å². The predicted octanol–water partition coefficient (Wildman–Crippen LogP) is 5.63. The summed E-state index contributed by atoms with van der Waals surface area (Å²) in [6.07, 6.45) is 0.483. The first-order valence-corrected chi connectivity index (χ1v) is 14.1. The van der Waals surface area contributed by atoms with Gasteiger partial charge < -0.3 is 19.4 Å². The molecule has 0 N–H and O–H groups in total. The van der Waals surface area contributed by atoms with Gasteiger partial charge in [0.1, 0.15) is 5.60 Å². The highest BCUT2D eigenvalue weighted by Crippen LogP contribution is 2.32. The van der Waals surface area contributed by atoms with Gasteiger partial charge in [-0.15, -0.1) is 11.8 Å². The first-order chi connectivity index (χ1) is 18.3. The molecule has 2 aromatic carbocycles. The maximum Gasteiger partial charge on any atom is 0.410 e. The van der Waals surface area contributed by atoms with Crippen molar-refractivity contribution in [3.05, 3.63) is 83.6 Å². The van der Waals surface area contributed by atoms with Crippen LogP contribution in [0, 0.1) is 0 Å². The molecule has 0 atom stereocenters. The molecule has 0 unspecified atom stereocenters. The summed E-state index contributed by atoms with van der Waals surface area (Å²) in [6.45, 7) is 8.82. The maximum absolute atomic E-state index is 13.5. The molecule has 1 fully saturated rings. The molecule has 2 aliphatic heterocycles. The Labute approximate surface area is 228 Å². The largest absolute Gasteiger partial charge is 0.444 e. The van der Waals surface area contributed by atoms with E-state index in [2.05, 4.69) is 29.2 Å². The second kappa shape index (κ2) is 11.1. The molecule has 1 saturated heterocycles. The quantitative estimate of drug-likeness (QED) is 0.398. The molecule has 0 radical (unpaired) electrons. The first kappa shape index (κ1) is 26.1. The minimum Gasteiger partial charge on any atom is -0.444 e. The Kier molecular flexibility index (Phi) is 7.61. The van der Waals surface area contributed by atoms with Gasteiger partial charge in [0.2, 0.25) is 0 Å². The predicted molar refractivity (Wildman–Crippen MR) is 152 cm³/mol. The van der Waals surface area contributed by atoms with E-state index in [1.165, 1.54) is 5.56 Å². The van der Waals surface area contributed by atoms with Gasteiger partial charge in [0.15, 0.2) is 0 Å². The van der Waals surface area contributed by atoms with E-state index in [1.807, 2.05) is 68.1 Å². The number of benzene rings is 2. The lowest BCUT2D eigenvalue weighted by atomic mass is 10.1. The lowest BCUT2D eigenvalue weighted by molar-refractivity contribution is 0.0240. The van der Waals surface area contributed by atoms with E-state index in [0.717, 1.165) is 34.3 Å². The zero-order valence-electron chi connectivity index (χ0n) is 22.2. The normalized spacial score (nSPS) is 15.4. The summed E-state index contributed by atoms with van der Waals surface area (Å²) in [6, 6.07) is 22.2. The van der Waals surface area contributed by atoms with Crippen molar-refractivity contribution in [2.45, 2.75) is 43.6 Å². The molecule has 0 bridgehead atoms. The van der Waals surface area contributed by atoms with E-state index in [4.69, 9.17) is 9.72 Å². The fraction of sp³-hybridized carbons (Fsp3) is 0.367. The maximum atomic E-state index is 13.5. The number of thioether (sulfide) groups is 1. The highest BCUT2D eigenvalue weighted by molar-refractivity contribution is 7.98. The van der Waals surface area contributed by atoms with Gasteiger partial charge in [-0.25, -0.2) is 9.78 Å². The second-order valence-electron chi connectivity index (χ2n) is 10.6. The van der Waals surface area contributed by atoms with Crippen molar-refractivity contribution in [3.8, 4) is 0 Å². The molecule has 0 spiro atoms. The number of pyridine rings is 1. The molecular weight excluding hydrogens is 496 g/mol. The molecule has 2 aliphatic rings. The molecule has 8 heteroatoms. The van der Waals surface area contributed by atoms with Crippen LogP contribution in [0.2, 0.25) is 0 Å². The van der Waals surface area contributed by atoms with Gasteiger partial charge in [0.25, 0.3) is 5.91 Å². The van der Waals surface area contributed by atoms with Crippen LogP contribution in [0.3, 0.4) is 0 Å². The fourth-order valence-corrected chi connectivity index (χ4v) is 5.58. The number of aromatic nitrogens is 1. The average molecular weight is 531 g/mol. The Morgan fingerprint density at radius 3 is 2.42 bits per heavy atom. The monoisotopic (exact) mass is 530 g/mol. The summed E-state index contributed by atoms with van der Waals surface area (Å²) in [5.41, 5.74) is 4.29. The molecule has 2 amide bonds. The Hall–Kier alpha value is -3.52. The van der Waals surface area contributed by atoms with E-state index >= 15 is 0 Å². The highest BCUT2D eigenvalue weighted by Gasteiger charge is 2.29. The number of piperazine rings is 1. The van der Waals surface area contributed by atoms with Crippen molar-refractivity contribution in [1.82, 2.24) is 9.88 Å². The van der Waals surface area contributed by atoms with Crippen LogP contribution in [0.15, 0.2) is 71.8 Å². The van der Waals surface area contributed by atoms with Crippen LogP contribution < -0.4 is 9.80 Å². The van der Waals surface area contributed by atoms with E-state index in [-0.39, 0.29) is 12.0 Å². The van der Waals surface area contributed by atoms with Crippen molar-refractivity contribution in [2.75, 3.05) is 42.5 Å². The third-order valence-electron chi connectivity index (χ3n) is 6.65. The molecule has 5 rings (SSSR count). The van der Waals surface area contributed by atoms with Gasteiger partial charge in [0.05, 0.1) is 16.4 Å². The van der Waals surface area contributed by atoms with Gasteiger partial charge >= 0.3 is 6.09 Å². The summed E-state index contributed by atoms with van der Waals surface area (Å²) >= 11 is 1.72. The van der Waals surface area contributed by atoms with Crippen LogP contribution in [0.1, 0.15) is 42.4 Å². The van der Waals surface area contributed by atoms with Gasteiger partial charge in [0, 0.05) is 56.1 Å². The van der Waals surface area contributed by atoms with Crippen molar-refractivity contribution < 1.29 is 14.3 Å². The smallest absolute Gasteiger partial charge is 0.410 e. The molecule has 198 valence electrons. The number of hydrogen-bond acceptors (Lipinski definition) is 6. The standard InChI is InChI=1S/C30H34N4O3S/c1-30(2,3)37-29(36)33-18-16-32(17-19-33)24-11-7-10-23(20-24)28(35)34-15-14-25-26(34)12-13-27(31-25)38-21-22-8-5-4-6-9-22/h4-13,20H,14-19,21H2,1-3H3. The van der Waals surface area contributed by atoms with Crippen LogP contribution in [-0.2, 0) is 16.9 Å². The number of hydrogen-bond donors (Lipinski definition) is 0. The molecule has 0 aliphatic carbocycles. The summed E-state index contributed by atoms with van der Waals surface area (Å²) in [5.74, 6) is 0.859. The highest BCUT2D eigenvalue weighted by atomic mass is 32.2. The second-order valence-corrected chi connectivity index (χ2v) is 11.6. The summed E-state index contributed by atoms with van der Waals surface area (Å²) in [4.78, 5) is 36.6. The fourth-order valence-electron chi connectivity index (χ4n) is 4.73. The van der Waals surface area contributed by atoms with Gasteiger partial charge in [-0.05, 0) is 56.7 Å². The number of carbonyl (C=O) groups is 2. The zero-order valence-corrected chi connectivity index (χ0v) is 23.0. The Balaban J connectivity index is 1.22. The van der Waals surface area contributed by atoms with E-state index in [0.29, 0.717) is 38.3 Å². The number of nitrogens with zero attached hydrogens (tertiary/aromatic N) is 4. The van der Waals surface area contributed by atoms with Crippen LogP contribution in [0.5, 0.6) is 0 Å². The van der Waals surface area contributed by atoms with Crippen LogP contribution >= 0.6 is 11.8 Å². The van der Waals surface area contributed by atoms with Crippen LogP contribution in [0.25, 0.3) is 0 Å². The number of carbonyl (C=O) groups excluding carboxylic acids is 2. The van der Waals surface area contributed by atoms with E-state index in [1.54, 1.807) is 16.7 Å². The van der Waals surface area contributed by atoms with Crippen LogP contribution in [0.4, 0.5) is 16.2 Å². The lowest BCUT2D eigenvalue weighted by Gasteiger charge is -2.36. The Morgan fingerprint density at radius 2 is 1.68 bits per heavy atom. The SMILES string of the molecule is CC(C)(C)OC(=O)N1CCN(c2cccc(C(=O)N3CCc4nc(SCc5ccccc5)ccc43)c2)CC1. The van der Waals surface area contributed by atoms with Crippen molar-refractivity contribution in [1.29, 1.82) is 0 Å². The number of ether oxygens (including phenoxy) is 1. The number of rotatable bonds is 5. The Bertz CT molecular complexity index is 1300. The third-order valence-corrected chi connectivity index (χ3v) is 7.65. The minimum atomic E-state index is -0.505. The number of amides is 2. The molecule has 0 saturated carbocycles. The molecular formula is C30H34N4O3S. The number of anilines is 2. The molecule has 1 aromatic heterocycles. The number of fused-ring (bicyclic) bond motifs is 1. The first-order valence-electron chi connectivity index (χ1n) is 13.1. The van der Waals surface area contributed by atoms with Crippen molar-refractivity contribution in [2.24, 2.45) is 0 Å². The summed E-state index contributed by atoms with van der Waals surface area (Å²) < 4.78 is 5.51. The van der Waals surface area contributed by atoms with Crippen LogP contribution in [-0.4, -0.2) is 60.2 Å². The van der Waals surface area contributed by atoms with Gasteiger partial charge in [-0.1, -0.05) is 36.4 Å². The zero-order chi connectivity index (χ0) is 26.7. The summed E-state index contributed by atoms with van der Waals surface area (Å²) in [5, 5.41) is 0.981. The minimum absolute atomic E-state index is 0.00974.